The molecule has 0 bridgehead atoms. The van der Waals surface area contributed by atoms with Gasteiger partial charge < -0.3 is 19.5 Å². The van der Waals surface area contributed by atoms with E-state index in [0.717, 1.165) is 11.4 Å². The van der Waals surface area contributed by atoms with Crippen LogP contribution in [-0.4, -0.2) is 10.9 Å². The van der Waals surface area contributed by atoms with Gasteiger partial charge in [-0.25, -0.2) is 4.98 Å². The van der Waals surface area contributed by atoms with Crippen molar-refractivity contribution in [3.05, 3.63) is 66.6 Å². The van der Waals surface area contributed by atoms with Gasteiger partial charge in [0.25, 0.3) is 5.91 Å². The highest BCUT2D eigenvalue weighted by molar-refractivity contribution is 6.01. The van der Waals surface area contributed by atoms with Gasteiger partial charge in [-0.2, -0.15) is 0 Å². The third kappa shape index (κ3) is 3.30. The number of amides is 1. The molecule has 3 aromatic rings. The van der Waals surface area contributed by atoms with E-state index in [1.54, 1.807) is 30.7 Å². The van der Waals surface area contributed by atoms with Crippen LogP contribution in [0.2, 0.25) is 0 Å². The first-order chi connectivity index (χ1) is 10.3. The smallest absolute Gasteiger partial charge is 0.292 e. The summed E-state index contributed by atoms with van der Waals surface area (Å²) in [5.74, 6) is 1.21. The minimum absolute atomic E-state index is 0.247. The zero-order chi connectivity index (χ0) is 14.5. The standard InChI is InChI=1S/C15H13N3O3/c19-15(13-4-2-8-21-13)18-14-6-5-11(9-17-14)16-10-12-3-1-7-20-12/h1-9,16H,10H2,(H,17,18,19). The van der Waals surface area contributed by atoms with E-state index in [-0.39, 0.29) is 11.7 Å². The van der Waals surface area contributed by atoms with Crippen LogP contribution in [0.15, 0.2) is 64.0 Å². The molecule has 0 spiro atoms. The van der Waals surface area contributed by atoms with E-state index in [2.05, 4.69) is 15.6 Å². The van der Waals surface area contributed by atoms with Gasteiger partial charge >= 0.3 is 0 Å². The van der Waals surface area contributed by atoms with Crippen LogP contribution >= 0.6 is 0 Å². The second-order valence-electron chi connectivity index (χ2n) is 4.30. The van der Waals surface area contributed by atoms with Gasteiger partial charge in [-0.1, -0.05) is 0 Å². The third-order valence-corrected chi connectivity index (χ3v) is 2.80. The van der Waals surface area contributed by atoms with Crippen molar-refractivity contribution in [2.45, 2.75) is 6.54 Å². The number of rotatable bonds is 5. The normalized spacial score (nSPS) is 10.3. The minimum Gasteiger partial charge on any atom is -0.467 e. The largest absolute Gasteiger partial charge is 0.467 e. The zero-order valence-corrected chi connectivity index (χ0v) is 11.1. The Hall–Kier alpha value is -3.02. The van der Waals surface area contributed by atoms with Gasteiger partial charge in [0.15, 0.2) is 5.76 Å². The first kappa shape index (κ1) is 13.0. The lowest BCUT2D eigenvalue weighted by atomic mass is 10.3. The second kappa shape index (κ2) is 5.96. The van der Waals surface area contributed by atoms with Gasteiger partial charge in [0.1, 0.15) is 11.6 Å². The van der Waals surface area contributed by atoms with Crippen LogP contribution in [0.25, 0.3) is 0 Å². The SMILES string of the molecule is O=C(Nc1ccc(NCc2ccco2)cn1)c1ccco1. The number of furan rings is 2. The molecular formula is C15H13N3O3. The molecule has 2 N–H and O–H groups in total. The summed E-state index contributed by atoms with van der Waals surface area (Å²) >= 11 is 0. The number of nitrogens with zero attached hydrogens (tertiary/aromatic N) is 1. The average Bonchev–Trinajstić information content (AvgIpc) is 3.20. The first-order valence-corrected chi connectivity index (χ1v) is 6.38. The molecule has 0 atom stereocenters. The summed E-state index contributed by atoms with van der Waals surface area (Å²) in [6.07, 6.45) is 4.72. The van der Waals surface area contributed by atoms with Crippen molar-refractivity contribution in [3.63, 3.8) is 0 Å². The van der Waals surface area contributed by atoms with Crippen LogP contribution < -0.4 is 10.6 Å². The fraction of sp³-hybridized carbons (Fsp3) is 0.0667. The Morgan fingerprint density at radius 2 is 1.95 bits per heavy atom. The van der Waals surface area contributed by atoms with E-state index in [9.17, 15) is 4.79 Å². The van der Waals surface area contributed by atoms with Crippen LogP contribution in [-0.2, 0) is 6.54 Å². The summed E-state index contributed by atoms with van der Waals surface area (Å²) in [4.78, 5) is 15.9. The van der Waals surface area contributed by atoms with Crippen LogP contribution in [0.1, 0.15) is 16.3 Å². The Bertz CT molecular complexity index is 688. The number of nitrogens with one attached hydrogen (secondary N) is 2. The molecule has 3 aromatic heterocycles. The number of hydrogen-bond donors (Lipinski definition) is 2. The predicted octanol–water partition coefficient (Wildman–Crippen LogP) is 3.13. The second-order valence-corrected chi connectivity index (χ2v) is 4.30. The number of carbonyl (C=O) groups excluding carboxylic acids is 1. The van der Waals surface area contributed by atoms with Crippen LogP contribution in [0.5, 0.6) is 0 Å². The predicted molar refractivity (Wildman–Crippen MR) is 76.9 cm³/mol. The monoisotopic (exact) mass is 283 g/mol. The molecule has 0 aliphatic rings. The molecule has 3 heterocycles. The fourth-order valence-corrected chi connectivity index (χ4v) is 1.76. The Balaban J connectivity index is 1.57. The van der Waals surface area contributed by atoms with E-state index in [4.69, 9.17) is 8.83 Å². The molecule has 0 aliphatic carbocycles. The Morgan fingerprint density at radius 1 is 1.10 bits per heavy atom. The van der Waals surface area contributed by atoms with E-state index in [0.29, 0.717) is 12.4 Å². The van der Waals surface area contributed by atoms with Crippen molar-refractivity contribution in [3.8, 4) is 0 Å². The summed E-state index contributed by atoms with van der Waals surface area (Å²) in [5, 5.41) is 5.82. The highest BCUT2D eigenvalue weighted by Crippen LogP contribution is 2.12. The first-order valence-electron chi connectivity index (χ1n) is 6.38. The molecular weight excluding hydrogens is 270 g/mol. The van der Waals surface area contributed by atoms with Gasteiger partial charge in [0.05, 0.1) is 31.0 Å². The minimum atomic E-state index is -0.330. The molecule has 21 heavy (non-hydrogen) atoms. The maximum Gasteiger partial charge on any atom is 0.292 e. The number of carbonyl (C=O) groups is 1. The van der Waals surface area contributed by atoms with Crippen molar-refractivity contribution < 1.29 is 13.6 Å². The van der Waals surface area contributed by atoms with Crippen molar-refractivity contribution in [1.29, 1.82) is 0 Å². The number of pyridine rings is 1. The highest BCUT2D eigenvalue weighted by Gasteiger charge is 2.09. The lowest BCUT2D eigenvalue weighted by Crippen LogP contribution is -2.12. The molecule has 0 saturated carbocycles. The molecule has 0 unspecified atom stereocenters. The molecule has 6 nitrogen and oxygen atoms in total. The number of anilines is 2. The van der Waals surface area contributed by atoms with Crippen molar-refractivity contribution in [2.24, 2.45) is 0 Å². The molecule has 0 saturated heterocycles. The van der Waals surface area contributed by atoms with Gasteiger partial charge in [-0.3, -0.25) is 4.79 Å². The number of hydrogen-bond acceptors (Lipinski definition) is 5. The van der Waals surface area contributed by atoms with Gasteiger partial charge in [0, 0.05) is 0 Å². The van der Waals surface area contributed by atoms with Gasteiger partial charge in [-0.05, 0) is 36.4 Å². The maximum atomic E-state index is 11.8. The summed E-state index contributed by atoms with van der Waals surface area (Å²) in [6.45, 7) is 0.576. The molecule has 106 valence electrons. The molecule has 6 heteroatoms. The van der Waals surface area contributed by atoms with Crippen LogP contribution in [0.4, 0.5) is 11.5 Å². The maximum absolute atomic E-state index is 11.8. The van der Waals surface area contributed by atoms with Crippen molar-refractivity contribution in [2.75, 3.05) is 10.6 Å². The van der Waals surface area contributed by atoms with E-state index < -0.39 is 0 Å². The summed E-state index contributed by atoms with van der Waals surface area (Å²) in [7, 11) is 0. The summed E-state index contributed by atoms with van der Waals surface area (Å²) in [5.41, 5.74) is 0.836. The molecule has 0 aromatic carbocycles. The fourth-order valence-electron chi connectivity index (χ4n) is 1.76. The van der Waals surface area contributed by atoms with Gasteiger partial charge in [-0.15, -0.1) is 0 Å². The molecule has 0 fully saturated rings. The Kier molecular flexibility index (Phi) is 3.68. The molecule has 0 radical (unpaired) electrons. The molecule has 1 amide bonds. The van der Waals surface area contributed by atoms with E-state index in [1.807, 2.05) is 18.2 Å². The highest BCUT2D eigenvalue weighted by atomic mass is 16.3. The molecule has 3 rings (SSSR count). The van der Waals surface area contributed by atoms with E-state index in [1.165, 1.54) is 6.26 Å². The van der Waals surface area contributed by atoms with Crippen LogP contribution in [0, 0.1) is 0 Å². The summed E-state index contributed by atoms with van der Waals surface area (Å²) < 4.78 is 10.2. The average molecular weight is 283 g/mol. The number of aromatic nitrogens is 1. The third-order valence-electron chi connectivity index (χ3n) is 2.80. The zero-order valence-electron chi connectivity index (χ0n) is 11.1. The lowest BCUT2D eigenvalue weighted by molar-refractivity contribution is 0.0996. The van der Waals surface area contributed by atoms with Gasteiger partial charge in [0.2, 0.25) is 0 Å². The lowest BCUT2D eigenvalue weighted by Gasteiger charge is -2.06. The quantitative estimate of drug-likeness (QED) is 0.752. The van der Waals surface area contributed by atoms with Crippen molar-refractivity contribution in [1.82, 2.24) is 4.98 Å². The van der Waals surface area contributed by atoms with E-state index >= 15 is 0 Å². The summed E-state index contributed by atoms with van der Waals surface area (Å²) in [6, 6.07) is 10.5. The van der Waals surface area contributed by atoms with Crippen molar-refractivity contribution >= 4 is 17.4 Å². The van der Waals surface area contributed by atoms with Crippen LogP contribution in [0.3, 0.4) is 0 Å². The topological polar surface area (TPSA) is 80.3 Å². The Labute approximate surface area is 120 Å². The Morgan fingerprint density at radius 3 is 2.62 bits per heavy atom. The molecule has 0 aliphatic heterocycles.